The topological polar surface area (TPSA) is 136 Å². The number of anilines is 2. The van der Waals surface area contributed by atoms with Gasteiger partial charge in [0.25, 0.3) is 12.5 Å². The Morgan fingerprint density at radius 2 is 2.00 bits per heavy atom. The zero-order valence-corrected chi connectivity index (χ0v) is 17.6. The summed E-state index contributed by atoms with van der Waals surface area (Å²) >= 11 is 0. The summed E-state index contributed by atoms with van der Waals surface area (Å²) in [6.07, 6.45) is 4.12. The zero-order chi connectivity index (χ0) is 24.0. The molecule has 1 atom stereocenters. The van der Waals surface area contributed by atoms with E-state index in [9.17, 15) is 28.0 Å². The lowest BCUT2D eigenvalue weighted by atomic mass is 10.1. The molecular formula is C20H21F3N8O2. The van der Waals surface area contributed by atoms with Crippen molar-refractivity contribution in [2.24, 2.45) is 5.92 Å². The van der Waals surface area contributed by atoms with Crippen molar-refractivity contribution < 1.29 is 22.8 Å². The fraction of sp³-hybridized carbons (Fsp3) is 0.400. The minimum atomic E-state index is -3.06. The van der Waals surface area contributed by atoms with Crippen LogP contribution in [0, 0.1) is 17.2 Å². The minimum absolute atomic E-state index is 0.00397. The van der Waals surface area contributed by atoms with Gasteiger partial charge in [-0.05, 0) is 18.9 Å². The number of rotatable bonds is 10. The van der Waals surface area contributed by atoms with Crippen molar-refractivity contribution in [3.63, 3.8) is 0 Å². The Hall–Kier alpha value is -3.79. The van der Waals surface area contributed by atoms with Gasteiger partial charge in [0.05, 0.1) is 23.8 Å². The molecule has 2 heterocycles. The summed E-state index contributed by atoms with van der Waals surface area (Å²) in [4.78, 5) is 37.6. The van der Waals surface area contributed by atoms with Gasteiger partial charge < -0.3 is 15.5 Å². The second-order valence-corrected chi connectivity index (χ2v) is 7.28. The van der Waals surface area contributed by atoms with Crippen LogP contribution >= 0.6 is 0 Å². The third-order valence-corrected chi connectivity index (χ3v) is 4.78. The van der Waals surface area contributed by atoms with E-state index in [1.54, 1.807) is 5.32 Å². The average molecular weight is 462 g/mol. The van der Waals surface area contributed by atoms with Gasteiger partial charge in [0.2, 0.25) is 5.91 Å². The van der Waals surface area contributed by atoms with Crippen molar-refractivity contribution in [3.05, 3.63) is 30.4 Å². The summed E-state index contributed by atoms with van der Waals surface area (Å²) in [5.74, 6) is -0.691. The number of nitriles is 1. The molecule has 0 spiro atoms. The summed E-state index contributed by atoms with van der Waals surface area (Å²) in [5, 5.41) is 16.3. The van der Waals surface area contributed by atoms with E-state index in [1.165, 1.54) is 31.7 Å². The Morgan fingerprint density at radius 3 is 2.58 bits per heavy atom. The highest BCUT2D eigenvalue weighted by molar-refractivity contribution is 5.93. The van der Waals surface area contributed by atoms with Crippen molar-refractivity contribution in [2.75, 3.05) is 30.9 Å². The molecule has 1 aliphatic rings. The fourth-order valence-corrected chi connectivity index (χ4v) is 2.83. The molecule has 1 aliphatic carbocycles. The van der Waals surface area contributed by atoms with Gasteiger partial charge in [-0.3, -0.25) is 14.6 Å². The Kier molecular flexibility index (Phi) is 7.73. The molecule has 0 aliphatic heterocycles. The predicted molar refractivity (Wildman–Crippen MR) is 111 cm³/mol. The molecular weight excluding hydrogens is 441 g/mol. The molecule has 174 valence electrons. The van der Waals surface area contributed by atoms with Crippen LogP contribution in [0.3, 0.4) is 0 Å². The van der Waals surface area contributed by atoms with Crippen LogP contribution < -0.4 is 16.0 Å². The van der Waals surface area contributed by atoms with Crippen LogP contribution in [0.2, 0.25) is 0 Å². The van der Waals surface area contributed by atoms with Gasteiger partial charge in [0.15, 0.2) is 17.7 Å². The van der Waals surface area contributed by atoms with Gasteiger partial charge in [-0.1, -0.05) is 0 Å². The van der Waals surface area contributed by atoms with Crippen LogP contribution in [0.15, 0.2) is 24.7 Å². The van der Waals surface area contributed by atoms with Crippen molar-refractivity contribution >= 4 is 23.3 Å². The summed E-state index contributed by atoms with van der Waals surface area (Å²) in [7, 11) is 1.27. The maximum absolute atomic E-state index is 13.0. The van der Waals surface area contributed by atoms with Crippen molar-refractivity contribution in [2.45, 2.75) is 25.6 Å². The molecule has 1 saturated carbocycles. The fourth-order valence-electron chi connectivity index (χ4n) is 2.83. The number of hydrogen-bond acceptors (Lipinski definition) is 8. The lowest BCUT2D eigenvalue weighted by Gasteiger charge is -2.25. The highest BCUT2D eigenvalue weighted by atomic mass is 19.3. The molecule has 1 unspecified atom stereocenters. The number of amides is 2. The first kappa shape index (κ1) is 23.9. The molecule has 3 rings (SSSR count). The van der Waals surface area contributed by atoms with Gasteiger partial charge >= 0.3 is 0 Å². The molecule has 0 bridgehead atoms. The molecule has 2 amide bonds. The smallest absolute Gasteiger partial charge is 0.294 e. The number of nitrogens with one attached hydrogen (secondary N) is 3. The van der Waals surface area contributed by atoms with E-state index in [0.717, 1.165) is 17.7 Å². The molecule has 10 nitrogen and oxygen atoms in total. The van der Waals surface area contributed by atoms with Gasteiger partial charge in [0.1, 0.15) is 12.7 Å². The van der Waals surface area contributed by atoms with Crippen LogP contribution in [-0.4, -0.2) is 64.6 Å². The normalized spacial score (nSPS) is 13.8. The quantitative estimate of drug-likeness (QED) is 0.359. The van der Waals surface area contributed by atoms with E-state index in [1.807, 2.05) is 6.07 Å². The van der Waals surface area contributed by atoms with Gasteiger partial charge in [-0.2, -0.15) is 14.0 Å². The largest absolute Gasteiger partial charge is 0.359 e. The van der Waals surface area contributed by atoms with Crippen molar-refractivity contribution in [1.29, 1.82) is 5.26 Å². The van der Waals surface area contributed by atoms with E-state index in [2.05, 4.69) is 25.6 Å². The zero-order valence-electron chi connectivity index (χ0n) is 17.6. The molecule has 33 heavy (non-hydrogen) atoms. The number of pyridine rings is 1. The minimum Gasteiger partial charge on any atom is -0.359 e. The van der Waals surface area contributed by atoms with E-state index < -0.39 is 25.3 Å². The number of halogens is 3. The van der Waals surface area contributed by atoms with Gasteiger partial charge in [0, 0.05) is 31.3 Å². The number of carbonyl (C=O) groups excluding carboxylic acids is 2. The molecule has 1 fully saturated rings. The first-order valence-corrected chi connectivity index (χ1v) is 9.97. The Morgan fingerprint density at radius 1 is 1.24 bits per heavy atom. The Balaban J connectivity index is 1.82. The van der Waals surface area contributed by atoms with E-state index in [4.69, 9.17) is 0 Å². The van der Waals surface area contributed by atoms with E-state index >= 15 is 0 Å². The number of aromatic nitrogens is 3. The van der Waals surface area contributed by atoms with Crippen LogP contribution in [0.25, 0.3) is 11.3 Å². The predicted octanol–water partition coefficient (Wildman–Crippen LogP) is 1.74. The lowest BCUT2D eigenvalue weighted by Crippen LogP contribution is -2.51. The summed E-state index contributed by atoms with van der Waals surface area (Å²) in [6, 6.07) is 3.22. The van der Waals surface area contributed by atoms with E-state index in [-0.39, 0.29) is 35.6 Å². The molecule has 0 aromatic carbocycles. The van der Waals surface area contributed by atoms with Crippen LogP contribution in [0.4, 0.5) is 24.7 Å². The second kappa shape index (κ2) is 10.7. The number of alkyl halides is 3. The maximum atomic E-state index is 13.0. The van der Waals surface area contributed by atoms with Crippen LogP contribution in [0.1, 0.15) is 18.5 Å². The van der Waals surface area contributed by atoms with Gasteiger partial charge in [-0.25, -0.2) is 19.7 Å². The highest BCUT2D eigenvalue weighted by Crippen LogP contribution is 2.30. The molecule has 0 radical (unpaired) electrons. The van der Waals surface area contributed by atoms with Crippen LogP contribution in [0.5, 0.6) is 0 Å². The highest BCUT2D eigenvalue weighted by Gasteiger charge is 2.30. The Labute approximate surface area is 187 Å². The number of carbonyl (C=O) groups is 2. The average Bonchev–Trinajstić information content (AvgIpc) is 3.64. The third-order valence-electron chi connectivity index (χ3n) is 4.78. The van der Waals surface area contributed by atoms with Gasteiger partial charge in [-0.15, -0.1) is 0 Å². The third kappa shape index (κ3) is 6.36. The van der Waals surface area contributed by atoms with Crippen molar-refractivity contribution in [3.8, 4) is 17.3 Å². The molecule has 2 aromatic rings. The first-order chi connectivity index (χ1) is 15.8. The summed E-state index contributed by atoms with van der Waals surface area (Å²) in [5.41, 5.74) is 0.549. The number of hydrogen-bond donors (Lipinski definition) is 3. The molecule has 13 heteroatoms. The van der Waals surface area contributed by atoms with Crippen LogP contribution in [-0.2, 0) is 9.59 Å². The maximum Gasteiger partial charge on any atom is 0.294 e. The first-order valence-electron chi connectivity index (χ1n) is 9.97. The molecule has 3 N–H and O–H groups in total. The standard InChI is InChI=1S/C20H21F3N8O2/c1-31(5-4-21)19(33)17(30-20(22)23)28-13-6-12(8-25-14(13)7-24)15-9-27-16(10-26-15)29-18(32)11-2-3-11/h6,8-11,17,20,28,30H,2-5H2,1H3,(H,27,29,32). The molecule has 2 aromatic heterocycles. The number of nitrogens with zero attached hydrogens (tertiary/aromatic N) is 5. The Bertz CT molecular complexity index is 1040. The monoisotopic (exact) mass is 462 g/mol. The number of likely N-dealkylation sites (N-methyl/N-ethyl adjacent to an activating group) is 1. The molecule has 0 saturated heterocycles. The summed E-state index contributed by atoms with van der Waals surface area (Å²) < 4.78 is 38.5. The summed E-state index contributed by atoms with van der Waals surface area (Å²) in [6.45, 7) is -4.19. The second-order valence-electron chi connectivity index (χ2n) is 7.28. The van der Waals surface area contributed by atoms with Crippen molar-refractivity contribution in [1.82, 2.24) is 25.2 Å². The van der Waals surface area contributed by atoms with E-state index in [0.29, 0.717) is 11.3 Å². The SMILES string of the molecule is CN(CCF)C(=O)C(Nc1cc(-c2cnc(NC(=O)C3CC3)cn2)cnc1C#N)NC(F)F. The lowest BCUT2D eigenvalue weighted by molar-refractivity contribution is -0.132.